The minimum atomic E-state index is -0.529. The van der Waals surface area contributed by atoms with E-state index in [1.54, 1.807) is 16.9 Å². The monoisotopic (exact) mass is 586 g/mol. The molecule has 1 aliphatic heterocycles. The third kappa shape index (κ3) is 6.18. The molecule has 3 aromatic carbocycles. The highest BCUT2D eigenvalue weighted by atomic mass is 32.1. The van der Waals surface area contributed by atoms with Crippen molar-refractivity contribution in [3.05, 3.63) is 75.8 Å². The number of nitro benzene ring substituents is 1. The Kier molecular flexibility index (Phi) is 8.62. The van der Waals surface area contributed by atoms with Crippen molar-refractivity contribution in [1.29, 1.82) is 0 Å². The Morgan fingerprint density at radius 1 is 1.00 bits per heavy atom. The van der Waals surface area contributed by atoms with Gasteiger partial charge in [-0.05, 0) is 106 Å². The first-order valence-corrected chi connectivity index (χ1v) is 14.6. The topological polar surface area (TPSA) is 121 Å². The van der Waals surface area contributed by atoms with E-state index >= 15 is 0 Å². The second-order valence-electron chi connectivity index (χ2n) is 10.3. The summed E-state index contributed by atoms with van der Waals surface area (Å²) in [6.07, 6.45) is 3.10. The first kappa shape index (κ1) is 28.9. The molecule has 0 saturated carbocycles. The predicted molar refractivity (Wildman–Crippen MR) is 170 cm³/mol. The van der Waals surface area contributed by atoms with E-state index in [1.807, 2.05) is 36.1 Å². The summed E-state index contributed by atoms with van der Waals surface area (Å²) in [6.45, 7) is 9.56. The number of anilines is 3. The van der Waals surface area contributed by atoms with Crippen molar-refractivity contribution < 1.29 is 9.72 Å². The highest BCUT2D eigenvalue weighted by molar-refractivity contribution is 7.80. The van der Waals surface area contributed by atoms with Crippen LogP contribution in [0.3, 0.4) is 0 Å². The molecule has 1 aromatic heterocycles. The molecular weight excluding hydrogens is 552 g/mol. The maximum atomic E-state index is 13.0. The minimum absolute atomic E-state index is 0.0737. The lowest BCUT2D eigenvalue weighted by Gasteiger charge is -2.28. The molecule has 1 fully saturated rings. The molecule has 5 rings (SSSR count). The molecule has 0 atom stereocenters. The van der Waals surface area contributed by atoms with E-state index < -0.39 is 10.8 Å². The number of rotatable bonds is 8. The van der Waals surface area contributed by atoms with E-state index in [9.17, 15) is 14.9 Å². The number of nitrogens with zero attached hydrogens (tertiary/aromatic N) is 6. The molecule has 1 saturated heterocycles. The van der Waals surface area contributed by atoms with Gasteiger partial charge in [0, 0.05) is 49.2 Å². The first-order chi connectivity index (χ1) is 20.3. The molecule has 0 unspecified atom stereocenters. The van der Waals surface area contributed by atoms with Crippen molar-refractivity contribution in [1.82, 2.24) is 20.3 Å². The Morgan fingerprint density at radius 2 is 1.67 bits per heavy atom. The SMILES string of the molecule is CCN(CC)c1ccc(-n2nc3cc(C)c(NC(=S)NC(=O)c4ccc(N5CCCCC5)c([N+](=O)[O-])c4)cc3n2)cc1. The molecule has 1 amide bonds. The lowest BCUT2D eigenvalue weighted by atomic mass is 10.1. The summed E-state index contributed by atoms with van der Waals surface area (Å²) in [6, 6.07) is 16.4. The van der Waals surface area contributed by atoms with Crippen LogP contribution >= 0.6 is 12.2 Å². The number of nitro groups is 1. The van der Waals surface area contributed by atoms with Gasteiger partial charge in [0.25, 0.3) is 11.6 Å². The van der Waals surface area contributed by atoms with Crippen LogP contribution in [0.25, 0.3) is 16.7 Å². The Balaban J connectivity index is 1.29. The standard InChI is InChI=1S/C30H34N8O3S/c1-4-35(5-2)22-10-12-23(13-11-22)37-33-25-17-20(3)24(19-26(25)34-37)31-30(42)32-29(39)21-9-14-27(28(18-21)38(40)41)36-15-7-6-8-16-36/h9-14,17-19H,4-8,15-16H2,1-3H3,(H2,31,32,39,42). The van der Waals surface area contributed by atoms with E-state index in [0.717, 1.165) is 67.9 Å². The van der Waals surface area contributed by atoms with Crippen LogP contribution in [-0.4, -0.2) is 57.1 Å². The van der Waals surface area contributed by atoms with Gasteiger partial charge in [0.15, 0.2) is 5.11 Å². The summed E-state index contributed by atoms with van der Waals surface area (Å²) >= 11 is 5.41. The van der Waals surface area contributed by atoms with Crippen LogP contribution in [0.1, 0.15) is 49.0 Å². The molecule has 1 aliphatic rings. The smallest absolute Gasteiger partial charge is 0.293 e. The average Bonchev–Trinajstić information content (AvgIpc) is 3.41. The largest absolute Gasteiger partial charge is 0.372 e. The van der Waals surface area contributed by atoms with E-state index in [0.29, 0.717) is 16.9 Å². The summed E-state index contributed by atoms with van der Waals surface area (Å²) in [5, 5.41) is 26.8. The highest BCUT2D eigenvalue weighted by Gasteiger charge is 2.23. The maximum Gasteiger partial charge on any atom is 0.293 e. The van der Waals surface area contributed by atoms with Crippen molar-refractivity contribution in [2.75, 3.05) is 41.3 Å². The van der Waals surface area contributed by atoms with Gasteiger partial charge in [0.1, 0.15) is 16.7 Å². The molecule has 12 heteroatoms. The number of aryl methyl sites for hydroxylation is 1. The van der Waals surface area contributed by atoms with E-state index in [1.165, 1.54) is 6.07 Å². The van der Waals surface area contributed by atoms with Crippen molar-refractivity contribution in [2.24, 2.45) is 0 Å². The Labute approximate surface area is 249 Å². The number of carbonyl (C=O) groups excluding carboxylic acids is 1. The van der Waals surface area contributed by atoms with Crippen LogP contribution in [0.5, 0.6) is 0 Å². The molecule has 218 valence electrons. The minimum Gasteiger partial charge on any atom is -0.372 e. The summed E-state index contributed by atoms with van der Waals surface area (Å²) in [5.74, 6) is -0.529. The molecule has 0 bridgehead atoms. The van der Waals surface area contributed by atoms with Gasteiger partial charge in [0.2, 0.25) is 0 Å². The zero-order valence-corrected chi connectivity index (χ0v) is 24.8. The molecule has 2 heterocycles. The van der Waals surface area contributed by atoms with Gasteiger partial charge in [-0.15, -0.1) is 10.2 Å². The molecule has 0 radical (unpaired) electrons. The van der Waals surface area contributed by atoms with Gasteiger partial charge < -0.3 is 15.1 Å². The molecule has 11 nitrogen and oxygen atoms in total. The molecule has 0 aliphatic carbocycles. The number of amides is 1. The van der Waals surface area contributed by atoms with Crippen LogP contribution in [0.2, 0.25) is 0 Å². The third-order valence-corrected chi connectivity index (χ3v) is 7.75. The van der Waals surface area contributed by atoms with Crippen LogP contribution in [0.4, 0.5) is 22.7 Å². The number of benzene rings is 3. The van der Waals surface area contributed by atoms with Crippen LogP contribution < -0.4 is 20.4 Å². The van der Waals surface area contributed by atoms with Gasteiger partial charge in [-0.1, -0.05) is 0 Å². The number of hydrogen-bond donors (Lipinski definition) is 2. The number of carbonyl (C=O) groups is 1. The molecule has 4 aromatic rings. The average molecular weight is 587 g/mol. The Bertz CT molecular complexity index is 1630. The number of nitrogens with one attached hydrogen (secondary N) is 2. The molecule has 0 spiro atoms. The fraction of sp³-hybridized carbons (Fsp3) is 0.333. The zero-order valence-electron chi connectivity index (χ0n) is 24.0. The number of aromatic nitrogens is 3. The van der Waals surface area contributed by atoms with Gasteiger partial charge in [0.05, 0.1) is 10.6 Å². The number of piperidine rings is 1. The summed E-state index contributed by atoms with van der Waals surface area (Å²) in [5.41, 5.74) is 5.52. The predicted octanol–water partition coefficient (Wildman–Crippen LogP) is 5.60. The summed E-state index contributed by atoms with van der Waals surface area (Å²) < 4.78 is 0. The molecule has 42 heavy (non-hydrogen) atoms. The fourth-order valence-electron chi connectivity index (χ4n) is 5.25. The van der Waals surface area contributed by atoms with Crippen molar-refractivity contribution in [3.63, 3.8) is 0 Å². The molecular formula is C30H34N8O3S. The van der Waals surface area contributed by atoms with Crippen molar-refractivity contribution in [2.45, 2.75) is 40.0 Å². The normalized spacial score (nSPS) is 13.2. The second-order valence-corrected chi connectivity index (χ2v) is 10.7. The summed E-state index contributed by atoms with van der Waals surface area (Å²) in [7, 11) is 0. The summed E-state index contributed by atoms with van der Waals surface area (Å²) in [4.78, 5) is 30.2. The molecule has 2 N–H and O–H groups in total. The van der Waals surface area contributed by atoms with E-state index in [4.69, 9.17) is 12.2 Å². The van der Waals surface area contributed by atoms with Crippen molar-refractivity contribution in [3.8, 4) is 5.69 Å². The van der Waals surface area contributed by atoms with Crippen LogP contribution in [-0.2, 0) is 0 Å². The van der Waals surface area contributed by atoms with E-state index in [-0.39, 0.29) is 16.4 Å². The fourth-order valence-corrected chi connectivity index (χ4v) is 5.45. The Morgan fingerprint density at radius 3 is 2.31 bits per heavy atom. The van der Waals surface area contributed by atoms with E-state index in [2.05, 4.69) is 51.7 Å². The van der Waals surface area contributed by atoms with Gasteiger partial charge in [-0.3, -0.25) is 20.2 Å². The highest BCUT2D eigenvalue weighted by Crippen LogP contribution is 2.31. The lowest BCUT2D eigenvalue weighted by Crippen LogP contribution is -2.34. The van der Waals surface area contributed by atoms with Gasteiger partial charge in [-0.2, -0.15) is 4.80 Å². The first-order valence-electron chi connectivity index (χ1n) is 14.2. The van der Waals surface area contributed by atoms with Crippen molar-refractivity contribution >= 4 is 57.0 Å². The Hall–Kier alpha value is -4.58. The lowest BCUT2D eigenvalue weighted by molar-refractivity contribution is -0.384. The second kappa shape index (κ2) is 12.5. The third-order valence-electron chi connectivity index (χ3n) is 7.54. The number of fused-ring (bicyclic) bond motifs is 1. The van der Waals surface area contributed by atoms with Crippen LogP contribution in [0, 0.1) is 17.0 Å². The van der Waals surface area contributed by atoms with Crippen LogP contribution in [0.15, 0.2) is 54.6 Å². The van der Waals surface area contributed by atoms with Gasteiger partial charge >= 0.3 is 0 Å². The quantitative estimate of drug-likeness (QED) is 0.154. The zero-order chi connectivity index (χ0) is 29.8. The number of hydrogen-bond acceptors (Lipinski definition) is 8. The maximum absolute atomic E-state index is 13.0. The number of thiocarbonyl (C=S) groups is 1. The van der Waals surface area contributed by atoms with Gasteiger partial charge in [-0.25, -0.2) is 0 Å².